The minimum absolute atomic E-state index is 0.0547. The van der Waals surface area contributed by atoms with Crippen molar-refractivity contribution >= 4 is 11.8 Å². The summed E-state index contributed by atoms with van der Waals surface area (Å²) in [4.78, 5) is 21.8. The zero-order valence-corrected chi connectivity index (χ0v) is 11.7. The summed E-state index contributed by atoms with van der Waals surface area (Å²) in [6.45, 7) is 1.59. The van der Waals surface area contributed by atoms with E-state index in [-0.39, 0.29) is 12.2 Å². The third-order valence-corrected chi connectivity index (χ3v) is 3.76. The Morgan fingerprint density at radius 3 is 2.35 bits per heavy atom. The van der Waals surface area contributed by atoms with E-state index >= 15 is 0 Å². The molecule has 2 rings (SSSR count). The molecule has 1 aliphatic rings. The molecule has 0 saturated heterocycles. The number of hydrogen-bond donors (Lipinski definition) is 1. The number of ketones is 1. The molecular weight excluding hydrogens is 256 g/mol. The number of carbonyl (C=O) groups excluding carboxylic acids is 1. The van der Waals surface area contributed by atoms with Gasteiger partial charge in [0.15, 0.2) is 0 Å². The van der Waals surface area contributed by atoms with E-state index in [2.05, 4.69) is 0 Å². The van der Waals surface area contributed by atoms with Crippen LogP contribution in [0.5, 0.6) is 5.75 Å². The van der Waals surface area contributed by atoms with E-state index in [9.17, 15) is 9.59 Å². The molecule has 20 heavy (non-hydrogen) atoms. The smallest absolute Gasteiger partial charge is 0.307 e. The molecule has 1 aliphatic carbocycles. The van der Waals surface area contributed by atoms with Crippen LogP contribution in [0, 0.1) is 0 Å². The Balaban J connectivity index is 1.96. The molecule has 108 valence electrons. The van der Waals surface area contributed by atoms with Gasteiger partial charge in [0.2, 0.25) is 0 Å². The molecule has 0 spiro atoms. The van der Waals surface area contributed by atoms with E-state index < -0.39 is 11.6 Å². The minimum Gasteiger partial charge on any atom is -0.487 e. The SMILES string of the molecule is CC(=O)CCc1ccc(OC2(CC(=O)O)CCC2)cc1. The third-order valence-electron chi connectivity index (χ3n) is 3.76. The molecule has 0 aliphatic heterocycles. The molecule has 4 nitrogen and oxygen atoms in total. The maximum absolute atomic E-state index is 10.9. The van der Waals surface area contributed by atoms with E-state index in [1.54, 1.807) is 6.92 Å². The van der Waals surface area contributed by atoms with Crippen LogP contribution in [0.3, 0.4) is 0 Å². The van der Waals surface area contributed by atoms with Crippen molar-refractivity contribution in [3.63, 3.8) is 0 Å². The fourth-order valence-corrected chi connectivity index (χ4v) is 2.46. The van der Waals surface area contributed by atoms with Crippen LogP contribution >= 0.6 is 0 Å². The summed E-state index contributed by atoms with van der Waals surface area (Å²) in [7, 11) is 0. The summed E-state index contributed by atoms with van der Waals surface area (Å²) in [5.74, 6) is 0.0699. The van der Waals surface area contributed by atoms with E-state index in [0.717, 1.165) is 31.2 Å². The van der Waals surface area contributed by atoms with Crippen molar-refractivity contribution in [3.05, 3.63) is 29.8 Å². The fraction of sp³-hybridized carbons (Fsp3) is 0.500. The van der Waals surface area contributed by atoms with Crippen molar-refractivity contribution in [3.8, 4) is 5.75 Å². The van der Waals surface area contributed by atoms with Crippen LogP contribution in [0.1, 0.15) is 44.6 Å². The Morgan fingerprint density at radius 1 is 1.25 bits per heavy atom. The molecule has 0 atom stereocenters. The number of Topliss-reactive ketones (excluding diaryl/α,β-unsaturated/α-hetero) is 1. The van der Waals surface area contributed by atoms with Crippen molar-refractivity contribution in [2.75, 3.05) is 0 Å². The van der Waals surface area contributed by atoms with Gasteiger partial charge >= 0.3 is 5.97 Å². The number of rotatable bonds is 7. The van der Waals surface area contributed by atoms with Crippen LogP contribution in [-0.2, 0) is 16.0 Å². The first-order valence-corrected chi connectivity index (χ1v) is 6.98. The van der Waals surface area contributed by atoms with E-state index in [1.165, 1.54) is 0 Å². The minimum atomic E-state index is -0.817. The predicted molar refractivity (Wildman–Crippen MR) is 74.9 cm³/mol. The van der Waals surface area contributed by atoms with Gasteiger partial charge in [-0.25, -0.2) is 0 Å². The van der Waals surface area contributed by atoms with Gasteiger partial charge in [0.1, 0.15) is 17.1 Å². The normalized spacial score (nSPS) is 16.2. The summed E-state index contributed by atoms with van der Waals surface area (Å²) < 4.78 is 5.88. The van der Waals surface area contributed by atoms with Gasteiger partial charge in [0, 0.05) is 6.42 Å². The Morgan fingerprint density at radius 2 is 1.90 bits per heavy atom. The molecule has 1 N–H and O–H groups in total. The zero-order chi connectivity index (χ0) is 14.6. The van der Waals surface area contributed by atoms with Crippen molar-refractivity contribution in [2.24, 2.45) is 0 Å². The zero-order valence-electron chi connectivity index (χ0n) is 11.7. The highest BCUT2D eigenvalue weighted by Crippen LogP contribution is 2.39. The van der Waals surface area contributed by atoms with E-state index in [0.29, 0.717) is 12.2 Å². The van der Waals surface area contributed by atoms with Gasteiger partial charge in [-0.2, -0.15) is 0 Å². The molecule has 1 aromatic carbocycles. The van der Waals surface area contributed by atoms with Crippen LogP contribution in [0.2, 0.25) is 0 Å². The van der Waals surface area contributed by atoms with Gasteiger partial charge < -0.3 is 14.6 Å². The largest absolute Gasteiger partial charge is 0.487 e. The summed E-state index contributed by atoms with van der Waals surface area (Å²) in [5.41, 5.74) is 0.570. The van der Waals surface area contributed by atoms with Crippen LogP contribution in [0.15, 0.2) is 24.3 Å². The monoisotopic (exact) mass is 276 g/mol. The first kappa shape index (κ1) is 14.6. The quantitative estimate of drug-likeness (QED) is 0.831. The number of aryl methyl sites for hydroxylation is 1. The van der Waals surface area contributed by atoms with Gasteiger partial charge in [0.25, 0.3) is 0 Å². The Labute approximate surface area is 118 Å². The third kappa shape index (κ3) is 3.83. The molecule has 0 aromatic heterocycles. The second-order valence-corrected chi connectivity index (χ2v) is 5.56. The highest BCUT2D eigenvalue weighted by Gasteiger charge is 2.41. The van der Waals surface area contributed by atoms with Crippen LogP contribution < -0.4 is 4.74 Å². The average molecular weight is 276 g/mol. The number of carbonyl (C=O) groups is 2. The van der Waals surface area contributed by atoms with Crippen molar-refractivity contribution < 1.29 is 19.4 Å². The molecule has 4 heteroatoms. The summed E-state index contributed by atoms with van der Waals surface area (Å²) >= 11 is 0. The van der Waals surface area contributed by atoms with Crippen LogP contribution in [0.4, 0.5) is 0 Å². The van der Waals surface area contributed by atoms with E-state index in [1.807, 2.05) is 24.3 Å². The topological polar surface area (TPSA) is 63.6 Å². The van der Waals surface area contributed by atoms with Gasteiger partial charge in [-0.1, -0.05) is 12.1 Å². The van der Waals surface area contributed by atoms with Gasteiger partial charge in [-0.05, 0) is 50.3 Å². The standard InChI is InChI=1S/C16H20O4/c1-12(17)3-4-13-5-7-14(8-6-13)20-16(9-2-10-16)11-15(18)19/h5-8H,2-4,9-11H2,1H3,(H,18,19). The Kier molecular flexibility index (Phi) is 4.42. The molecule has 1 aromatic rings. The molecule has 0 bridgehead atoms. The van der Waals surface area contributed by atoms with Crippen molar-refractivity contribution in [2.45, 2.75) is 51.0 Å². The lowest BCUT2D eigenvalue weighted by atomic mass is 9.77. The maximum Gasteiger partial charge on any atom is 0.307 e. The molecule has 0 radical (unpaired) electrons. The second-order valence-electron chi connectivity index (χ2n) is 5.56. The van der Waals surface area contributed by atoms with E-state index in [4.69, 9.17) is 9.84 Å². The Hall–Kier alpha value is -1.84. The number of aliphatic carboxylic acids is 1. The lowest BCUT2D eigenvalue weighted by molar-refractivity contribution is -0.144. The highest BCUT2D eigenvalue weighted by atomic mass is 16.5. The number of benzene rings is 1. The lowest BCUT2D eigenvalue weighted by Gasteiger charge is -2.40. The van der Waals surface area contributed by atoms with Crippen LogP contribution in [-0.4, -0.2) is 22.5 Å². The number of carboxylic acids is 1. The van der Waals surface area contributed by atoms with Gasteiger partial charge in [0.05, 0.1) is 6.42 Å². The van der Waals surface area contributed by atoms with Gasteiger partial charge in [-0.3, -0.25) is 4.79 Å². The summed E-state index contributed by atoms with van der Waals surface area (Å²) in [6, 6.07) is 7.59. The lowest BCUT2D eigenvalue weighted by Crippen LogP contribution is -2.45. The van der Waals surface area contributed by atoms with Crippen LogP contribution in [0.25, 0.3) is 0 Å². The molecule has 1 fully saturated rings. The summed E-state index contributed by atoms with van der Waals surface area (Å²) in [5, 5.41) is 8.95. The average Bonchev–Trinajstić information content (AvgIpc) is 2.34. The summed E-state index contributed by atoms with van der Waals surface area (Å²) in [6.07, 6.45) is 3.94. The number of ether oxygens (including phenoxy) is 1. The maximum atomic E-state index is 10.9. The second kappa shape index (κ2) is 6.07. The van der Waals surface area contributed by atoms with Gasteiger partial charge in [-0.15, -0.1) is 0 Å². The first-order chi connectivity index (χ1) is 9.49. The number of carboxylic acid groups (broad SMARTS) is 1. The fourth-order valence-electron chi connectivity index (χ4n) is 2.46. The predicted octanol–water partition coefficient (Wildman–Crippen LogP) is 2.98. The molecular formula is C16H20O4. The number of hydrogen-bond acceptors (Lipinski definition) is 3. The molecule has 0 unspecified atom stereocenters. The van der Waals surface area contributed by atoms with Crippen molar-refractivity contribution in [1.82, 2.24) is 0 Å². The highest BCUT2D eigenvalue weighted by molar-refractivity contribution is 5.75. The first-order valence-electron chi connectivity index (χ1n) is 6.98. The molecule has 1 saturated carbocycles. The molecule has 0 amide bonds. The Bertz CT molecular complexity index is 486. The van der Waals surface area contributed by atoms with Crippen molar-refractivity contribution in [1.29, 1.82) is 0 Å². The molecule has 0 heterocycles.